The number of hydrogen-bond donors (Lipinski definition) is 2. The lowest BCUT2D eigenvalue weighted by molar-refractivity contribution is 0.0487. The Morgan fingerprint density at radius 1 is 1.05 bits per heavy atom. The highest BCUT2D eigenvalue weighted by molar-refractivity contribution is 6.34. The van der Waals surface area contributed by atoms with Gasteiger partial charge in [0.05, 0.1) is 17.3 Å². The summed E-state index contributed by atoms with van der Waals surface area (Å²) in [7, 11) is 0. The summed E-state index contributed by atoms with van der Waals surface area (Å²) >= 11 is 6.39. The van der Waals surface area contributed by atoms with Crippen molar-refractivity contribution < 1.29 is 14.3 Å². The van der Waals surface area contributed by atoms with Crippen molar-refractivity contribution >= 4 is 29.4 Å². The molecule has 0 aliphatic heterocycles. The number of anilines is 1. The molecule has 0 radical (unpaired) electrons. The van der Waals surface area contributed by atoms with Crippen LogP contribution in [0, 0.1) is 18.8 Å². The molecule has 1 aliphatic rings. The van der Waals surface area contributed by atoms with Crippen LogP contribution in [0.5, 0.6) is 0 Å². The third-order valence-electron chi connectivity index (χ3n) is 6.16. The molecule has 0 atom stereocenters. The molecule has 1 aromatic carbocycles. The number of pyridine rings is 1. The van der Waals surface area contributed by atoms with Crippen LogP contribution in [0.4, 0.5) is 10.6 Å². The zero-order valence-electron chi connectivity index (χ0n) is 22.0. The molecule has 1 fully saturated rings. The highest BCUT2D eigenvalue weighted by atomic mass is 35.5. The largest absolute Gasteiger partial charge is 0.444 e. The average Bonchev–Trinajstić information content (AvgIpc) is 3.25. The predicted octanol–water partition coefficient (Wildman–Crippen LogP) is 5.90. The number of halogens is 1. The smallest absolute Gasteiger partial charge is 0.407 e. The van der Waals surface area contributed by atoms with E-state index < -0.39 is 11.7 Å². The van der Waals surface area contributed by atoms with Crippen LogP contribution < -0.4 is 10.6 Å². The van der Waals surface area contributed by atoms with Gasteiger partial charge in [-0.25, -0.2) is 9.78 Å². The van der Waals surface area contributed by atoms with Gasteiger partial charge in [0.15, 0.2) is 0 Å². The number of nitrogens with one attached hydrogen (secondary N) is 2. The molecule has 0 spiro atoms. The SMILES string of the molecule is Cc1cc(C#Cc2ccccc2)cnc1NC(=O)c1c(Cl)cnn1C1CCC(NC(=O)OC(C)(C)C)CC1. The summed E-state index contributed by atoms with van der Waals surface area (Å²) in [6.07, 6.45) is 5.68. The second-order valence-electron chi connectivity index (χ2n) is 10.4. The minimum absolute atomic E-state index is 0.00960. The van der Waals surface area contributed by atoms with Gasteiger partial charge in [-0.1, -0.05) is 41.6 Å². The van der Waals surface area contributed by atoms with E-state index in [0.29, 0.717) is 11.5 Å². The molecule has 0 saturated heterocycles. The number of amides is 2. The number of rotatable bonds is 4. The van der Waals surface area contributed by atoms with Gasteiger partial charge in [-0.15, -0.1) is 0 Å². The van der Waals surface area contributed by atoms with E-state index in [1.165, 1.54) is 6.20 Å². The van der Waals surface area contributed by atoms with Crippen LogP contribution in [-0.2, 0) is 4.74 Å². The summed E-state index contributed by atoms with van der Waals surface area (Å²) in [6.45, 7) is 7.38. The lowest BCUT2D eigenvalue weighted by atomic mass is 9.91. The average molecular weight is 534 g/mol. The molecule has 198 valence electrons. The number of aryl methyl sites for hydroxylation is 1. The van der Waals surface area contributed by atoms with Crippen LogP contribution in [0.15, 0.2) is 48.8 Å². The van der Waals surface area contributed by atoms with Crippen molar-refractivity contribution in [2.45, 2.75) is 71.1 Å². The van der Waals surface area contributed by atoms with Gasteiger partial charge in [-0.05, 0) is 77.1 Å². The fraction of sp³-hybridized carbons (Fsp3) is 0.379. The third-order valence-corrected chi connectivity index (χ3v) is 6.44. The first kappa shape index (κ1) is 27.2. The summed E-state index contributed by atoms with van der Waals surface area (Å²) in [5.74, 6) is 6.28. The van der Waals surface area contributed by atoms with Crippen molar-refractivity contribution in [2.24, 2.45) is 0 Å². The number of hydrogen-bond acceptors (Lipinski definition) is 5. The number of ether oxygens (including phenoxy) is 1. The molecule has 0 unspecified atom stereocenters. The van der Waals surface area contributed by atoms with Crippen molar-refractivity contribution in [3.05, 3.63) is 76.2 Å². The normalized spacial score (nSPS) is 17.2. The van der Waals surface area contributed by atoms with Crippen LogP contribution in [0.1, 0.15) is 79.7 Å². The number of nitrogens with zero attached hydrogens (tertiary/aromatic N) is 3. The van der Waals surface area contributed by atoms with Gasteiger partial charge in [-0.3, -0.25) is 9.48 Å². The topological polar surface area (TPSA) is 98.1 Å². The van der Waals surface area contributed by atoms with Crippen LogP contribution in [0.25, 0.3) is 0 Å². The molecule has 38 heavy (non-hydrogen) atoms. The standard InChI is InChI=1S/C29H32ClN5O3/c1-19-16-21(11-10-20-8-6-5-7-9-20)17-31-26(19)34-27(36)25-24(30)18-32-35(25)23-14-12-22(13-15-23)33-28(37)38-29(2,3)4/h5-9,16-18,22-23H,12-15H2,1-4H3,(H,33,37)(H,31,34,36). The highest BCUT2D eigenvalue weighted by Crippen LogP contribution is 2.31. The molecular formula is C29H32ClN5O3. The van der Waals surface area contributed by atoms with E-state index in [2.05, 4.69) is 32.6 Å². The molecule has 8 nitrogen and oxygen atoms in total. The van der Waals surface area contributed by atoms with E-state index in [9.17, 15) is 9.59 Å². The van der Waals surface area contributed by atoms with Crippen LogP contribution in [-0.4, -0.2) is 38.4 Å². The maximum absolute atomic E-state index is 13.3. The fourth-order valence-electron chi connectivity index (χ4n) is 4.38. The fourth-order valence-corrected chi connectivity index (χ4v) is 4.59. The van der Waals surface area contributed by atoms with Gasteiger partial charge in [0.25, 0.3) is 5.91 Å². The molecule has 2 heterocycles. The van der Waals surface area contributed by atoms with Crippen LogP contribution in [0.2, 0.25) is 5.02 Å². The van der Waals surface area contributed by atoms with E-state index in [1.54, 1.807) is 10.9 Å². The zero-order valence-corrected chi connectivity index (χ0v) is 22.8. The molecule has 2 aromatic heterocycles. The number of alkyl carbamates (subject to hydrolysis) is 1. The van der Waals surface area contributed by atoms with Crippen LogP contribution in [0.3, 0.4) is 0 Å². The Balaban J connectivity index is 1.40. The van der Waals surface area contributed by atoms with E-state index >= 15 is 0 Å². The molecule has 9 heteroatoms. The lowest BCUT2D eigenvalue weighted by Crippen LogP contribution is -2.41. The number of carbonyl (C=O) groups excluding carboxylic acids is 2. The lowest BCUT2D eigenvalue weighted by Gasteiger charge is -2.30. The van der Waals surface area contributed by atoms with Gasteiger partial charge >= 0.3 is 6.09 Å². The maximum Gasteiger partial charge on any atom is 0.407 e. The maximum atomic E-state index is 13.3. The van der Waals surface area contributed by atoms with Gasteiger partial charge in [0.1, 0.15) is 17.1 Å². The second-order valence-corrected chi connectivity index (χ2v) is 10.8. The molecule has 3 aromatic rings. The van der Waals surface area contributed by atoms with Crippen molar-refractivity contribution in [3.63, 3.8) is 0 Å². The predicted molar refractivity (Wildman–Crippen MR) is 147 cm³/mol. The Morgan fingerprint density at radius 2 is 1.74 bits per heavy atom. The van der Waals surface area contributed by atoms with Crippen molar-refractivity contribution in [1.29, 1.82) is 0 Å². The number of aromatic nitrogens is 3. The minimum atomic E-state index is -0.543. The highest BCUT2D eigenvalue weighted by Gasteiger charge is 2.29. The van der Waals surface area contributed by atoms with Gasteiger partial charge in [0, 0.05) is 23.4 Å². The Morgan fingerprint density at radius 3 is 2.39 bits per heavy atom. The Kier molecular flexibility index (Phi) is 8.38. The first-order valence-corrected chi connectivity index (χ1v) is 13.0. The van der Waals surface area contributed by atoms with Crippen LogP contribution >= 0.6 is 11.6 Å². The van der Waals surface area contributed by atoms with E-state index in [1.807, 2.05) is 64.1 Å². The minimum Gasteiger partial charge on any atom is -0.444 e. The first-order chi connectivity index (χ1) is 18.1. The molecular weight excluding hydrogens is 502 g/mol. The van der Waals surface area contributed by atoms with E-state index in [4.69, 9.17) is 16.3 Å². The quantitative estimate of drug-likeness (QED) is 0.407. The summed E-state index contributed by atoms with van der Waals surface area (Å²) < 4.78 is 7.05. The second kappa shape index (κ2) is 11.7. The van der Waals surface area contributed by atoms with Gasteiger partial charge in [0.2, 0.25) is 0 Å². The third kappa shape index (κ3) is 7.14. The zero-order chi connectivity index (χ0) is 27.3. The molecule has 4 rings (SSSR count). The van der Waals surface area contributed by atoms with Crippen molar-refractivity contribution in [3.8, 4) is 11.8 Å². The summed E-state index contributed by atoms with van der Waals surface area (Å²) in [6, 6.07) is 11.6. The Labute approximate surface area is 228 Å². The first-order valence-electron chi connectivity index (χ1n) is 12.7. The van der Waals surface area contributed by atoms with Gasteiger partial charge < -0.3 is 15.4 Å². The monoisotopic (exact) mass is 533 g/mol. The van der Waals surface area contributed by atoms with Crippen molar-refractivity contribution in [1.82, 2.24) is 20.1 Å². The molecule has 2 amide bonds. The summed E-state index contributed by atoms with van der Waals surface area (Å²) in [5.41, 5.74) is 2.21. The summed E-state index contributed by atoms with van der Waals surface area (Å²) in [4.78, 5) is 29.8. The van der Waals surface area contributed by atoms with Crippen molar-refractivity contribution in [2.75, 3.05) is 5.32 Å². The molecule has 1 aliphatic carbocycles. The molecule has 2 N–H and O–H groups in total. The molecule has 1 saturated carbocycles. The Bertz CT molecular complexity index is 1360. The van der Waals surface area contributed by atoms with E-state index in [-0.39, 0.29) is 23.0 Å². The summed E-state index contributed by atoms with van der Waals surface area (Å²) in [5, 5.41) is 10.5. The number of benzene rings is 1. The van der Waals surface area contributed by atoms with Gasteiger partial charge in [-0.2, -0.15) is 5.10 Å². The number of carbonyl (C=O) groups is 2. The molecule has 0 bridgehead atoms. The Hall–Kier alpha value is -3.83. The van der Waals surface area contributed by atoms with E-state index in [0.717, 1.165) is 42.4 Å².